The topological polar surface area (TPSA) is 64.7 Å². The van der Waals surface area contributed by atoms with Crippen LogP contribution < -0.4 is 15.2 Å². The van der Waals surface area contributed by atoms with Gasteiger partial charge in [0.25, 0.3) is 0 Å². The smallest absolute Gasteiger partial charge is 0.160 e. The lowest BCUT2D eigenvalue weighted by Gasteiger charge is -2.14. The number of nitrogens with two attached hydrogens (primary N) is 1. The minimum absolute atomic E-state index is 0.570. The second kappa shape index (κ2) is 6.99. The summed E-state index contributed by atoms with van der Waals surface area (Å²) in [5, 5.41) is 10.3. The van der Waals surface area contributed by atoms with E-state index < -0.39 is 6.10 Å². The van der Waals surface area contributed by atoms with E-state index in [-0.39, 0.29) is 0 Å². The maximum atomic E-state index is 10.3. The number of nitrogen functional groups attached to an aromatic ring is 1. The van der Waals surface area contributed by atoms with Crippen LogP contribution in [0.3, 0.4) is 0 Å². The first kappa shape index (κ1) is 15.2. The first-order valence-electron chi connectivity index (χ1n) is 6.89. The summed E-state index contributed by atoms with van der Waals surface area (Å²) in [5.74, 6) is 1.40. The third kappa shape index (κ3) is 3.67. The molecule has 112 valence electrons. The molecular formula is C17H21NO3. The summed E-state index contributed by atoms with van der Waals surface area (Å²) in [6, 6.07) is 13.2. The highest BCUT2D eigenvalue weighted by Gasteiger charge is 2.11. The number of hydrogen-bond donors (Lipinski definition) is 2. The molecule has 1 atom stereocenters. The molecule has 0 aliphatic carbocycles. The van der Waals surface area contributed by atoms with Crippen molar-refractivity contribution in [2.45, 2.75) is 18.9 Å². The molecule has 4 heteroatoms. The van der Waals surface area contributed by atoms with Gasteiger partial charge >= 0.3 is 0 Å². The van der Waals surface area contributed by atoms with Crippen molar-refractivity contribution in [2.75, 3.05) is 20.0 Å². The zero-order valence-electron chi connectivity index (χ0n) is 12.4. The van der Waals surface area contributed by atoms with E-state index >= 15 is 0 Å². The van der Waals surface area contributed by atoms with Gasteiger partial charge in [0.05, 0.1) is 20.3 Å². The van der Waals surface area contributed by atoms with E-state index in [1.165, 1.54) is 0 Å². The Hall–Kier alpha value is -2.20. The lowest BCUT2D eigenvalue weighted by atomic mass is 10.00. The molecule has 0 bridgehead atoms. The lowest BCUT2D eigenvalue weighted by Crippen LogP contribution is -2.03. The first-order chi connectivity index (χ1) is 10.2. The van der Waals surface area contributed by atoms with Crippen LogP contribution >= 0.6 is 0 Å². The molecule has 0 heterocycles. The van der Waals surface area contributed by atoms with Crippen LogP contribution in [0.5, 0.6) is 11.5 Å². The molecule has 2 rings (SSSR count). The maximum Gasteiger partial charge on any atom is 0.160 e. The molecule has 2 aromatic carbocycles. The Labute approximate surface area is 125 Å². The van der Waals surface area contributed by atoms with Gasteiger partial charge in [0, 0.05) is 11.3 Å². The van der Waals surface area contributed by atoms with Gasteiger partial charge in [-0.25, -0.2) is 0 Å². The number of aliphatic hydroxyl groups is 1. The Morgan fingerprint density at radius 3 is 2.43 bits per heavy atom. The number of methoxy groups -OCH3 is 2. The molecule has 2 aromatic rings. The standard InChI is InChI=1S/C17H21NO3/c1-20-16-10-8-12(11-17(16)21-2)7-9-15(19)13-5-3-4-6-14(13)18/h3-6,8,10-11,15,19H,7,9,18H2,1-2H3/t15-/m0/s1. The highest BCUT2D eigenvalue weighted by Crippen LogP contribution is 2.29. The molecule has 0 aliphatic heterocycles. The third-order valence-electron chi connectivity index (χ3n) is 3.51. The predicted molar refractivity (Wildman–Crippen MR) is 83.7 cm³/mol. The van der Waals surface area contributed by atoms with Crippen LogP contribution in [0.25, 0.3) is 0 Å². The van der Waals surface area contributed by atoms with Crippen molar-refractivity contribution in [3.05, 3.63) is 53.6 Å². The fourth-order valence-corrected chi connectivity index (χ4v) is 2.31. The highest BCUT2D eigenvalue weighted by atomic mass is 16.5. The summed E-state index contributed by atoms with van der Waals surface area (Å²) in [7, 11) is 3.22. The van der Waals surface area contributed by atoms with Gasteiger partial charge in [-0.2, -0.15) is 0 Å². The van der Waals surface area contributed by atoms with Gasteiger partial charge in [-0.3, -0.25) is 0 Å². The summed E-state index contributed by atoms with van der Waals surface area (Å²) in [5.41, 5.74) is 8.36. The van der Waals surface area contributed by atoms with Crippen molar-refractivity contribution in [1.82, 2.24) is 0 Å². The first-order valence-corrected chi connectivity index (χ1v) is 6.89. The maximum absolute atomic E-state index is 10.3. The Balaban J connectivity index is 2.04. The largest absolute Gasteiger partial charge is 0.493 e. The molecule has 0 spiro atoms. The zero-order valence-corrected chi connectivity index (χ0v) is 12.4. The van der Waals surface area contributed by atoms with Crippen molar-refractivity contribution in [1.29, 1.82) is 0 Å². The molecule has 3 N–H and O–H groups in total. The Bertz CT molecular complexity index is 598. The third-order valence-corrected chi connectivity index (χ3v) is 3.51. The second-order valence-corrected chi connectivity index (χ2v) is 4.87. The Morgan fingerprint density at radius 2 is 1.76 bits per heavy atom. The van der Waals surface area contributed by atoms with E-state index in [9.17, 15) is 5.11 Å². The summed E-state index contributed by atoms with van der Waals surface area (Å²) >= 11 is 0. The summed E-state index contributed by atoms with van der Waals surface area (Å²) in [4.78, 5) is 0. The fraction of sp³-hybridized carbons (Fsp3) is 0.294. The van der Waals surface area contributed by atoms with Crippen molar-refractivity contribution in [3.8, 4) is 11.5 Å². The molecule has 21 heavy (non-hydrogen) atoms. The van der Waals surface area contributed by atoms with E-state index in [1.54, 1.807) is 20.3 Å². The molecule has 0 saturated heterocycles. The fourth-order valence-electron chi connectivity index (χ4n) is 2.31. The van der Waals surface area contributed by atoms with Gasteiger partial charge in [0.1, 0.15) is 0 Å². The minimum atomic E-state index is -0.570. The van der Waals surface area contributed by atoms with Crippen LogP contribution in [0.2, 0.25) is 0 Å². The predicted octanol–water partition coefficient (Wildman–Crippen LogP) is 2.95. The molecule has 4 nitrogen and oxygen atoms in total. The van der Waals surface area contributed by atoms with Gasteiger partial charge in [-0.15, -0.1) is 0 Å². The number of anilines is 1. The van der Waals surface area contributed by atoms with Crippen LogP contribution in [0.4, 0.5) is 5.69 Å². The lowest BCUT2D eigenvalue weighted by molar-refractivity contribution is 0.168. The van der Waals surface area contributed by atoms with Crippen molar-refractivity contribution in [3.63, 3.8) is 0 Å². The number of hydrogen-bond acceptors (Lipinski definition) is 4. The number of ether oxygens (including phenoxy) is 2. The van der Waals surface area contributed by atoms with Gasteiger partial charge < -0.3 is 20.3 Å². The van der Waals surface area contributed by atoms with E-state index in [1.807, 2.05) is 36.4 Å². The SMILES string of the molecule is COc1ccc(CC[C@H](O)c2ccccc2N)cc1OC. The zero-order chi connectivity index (χ0) is 15.2. The normalized spacial score (nSPS) is 12.0. The van der Waals surface area contributed by atoms with E-state index in [4.69, 9.17) is 15.2 Å². The summed E-state index contributed by atoms with van der Waals surface area (Å²) in [6.07, 6.45) is 0.763. The van der Waals surface area contributed by atoms with Crippen LogP contribution in [0.1, 0.15) is 23.7 Å². The highest BCUT2D eigenvalue weighted by molar-refractivity contribution is 5.47. The quantitative estimate of drug-likeness (QED) is 0.802. The molecule has 0 unspecified atom stereocenters. The van der Waals surface area contributed by atoms with Crippen LogP contribution in [-0.2, 0) is 6.42 Å². The number of benzene rings is 2. The number of aryl methyl sites for hydroxylation is 1. The van der Waals surface area contributed by atoms with E-state index in [0.717, 1.165) is 17.5 Å². The minimum Gasteiger partial charge on any atom is -0.493 e. The van der Waals surface area contributed by atoms with E-state index in [2.05, 4.69) is 0 Å². The van der Waals surface area contributed by atoms with E-state index in [0.29, 0.717) is 23.6 Å². The van der Waals surface area contributed by atoms with Gasteiger partial charge in [-0.05, 0) is 36.6 Å². The molecule has 0 radical (unpaired) electrons. The number of aliphatic hydroxyl groups excluding tert-OH is 1. The molecule has 0 aromatic heterocycles. The van der Waals surface area contributed by atoms with Crippen molar-refractivity contribution < 1.29 is 14.6 Å². The molecule has 0 saturated carbocycles. The molecule has 0 amide bonds. The van der Waals surface area contributed by atoms with Crippen LogP contribution in [0.15, 0.2) is 42.5 Å². The molecular weight excluding hydrogens is 266 g/mol. The second-order valence-electron chi connectivity index (χ2n) is 4.87. The van der Waals surface area contributed by atoms with Gasteiger partial charge in [0.2, 0.25) is 0 Å². The Kier molecular flexibility index (Phi) is 5.06. The summed E-state index contributed by atoms with van der Waals surface area (Å²) in [6.45, 7) is 0. The van der Waals surface area contributed by atoms with Gasteiger partial charge in [-0.1, -0.05) is 24.3 Å². The number of para-hydroxylation sites is 1. The van der Waals surface area contributed by atoms with Crippen LogP contribution in [-0.4, -0.2) is 19.3 Å². The van der Waals surface area contributed by atoms with Gasteiger partial charge in [0.15, 0.2) is 11.5 Å². The summed E-state index contributed by atoms with van der Waals surface area (Å²) < 4.78 is 10.5. The monoisotopic (exact) mass is 287 g/mol. The van der Waals surface area contributed by atoms with Crippen molar-refractivity contribution >= 4 is 5.69 Å². The average Bonchev–Trinajstić information content (AvgIpc) is 2.52. The average molecular weight is 287 g/mol. The van der Waals surface area contributed by atoms with Crippen LogP contribution in [0, 0.1) is 0 Å². The Morgan fingerprint density at radius 1 is 1.05 bits per heavy atom. The van der Waals surface area contributed by atoms with Crippen molar-refractivity contribution in [2.24, 2.45) is 0 Å². The molecule has 0 fully saturated rings. The molecule has 0 aliphatic rings. The number of rotatable bonds is 6.